The predicted octanol–water partition coefficient (Wildman–Crippen LogP) is 4.84. The first-order valence-electron chi connectivity index (χ1n) is 11.8. The Morgan fingerprint density at radius 2 is 1.85 bits per heavy atom. The summed E-state index contributed by atoms with van der Waals surface area (Å²) in [6.45, 7) is 4.73. The maximum absolute atomic E-state index is 13.9. The van der Waals surface area contributed by atoms with Crippen LogP contribution in [0.5, 0.6) is 0 Å². The molecule has 33 heavy (non-hydrogen) atoms. The van der Waals surface area contributed by atoms with Gasteiger partial charge in [-0.15, -0.1) is 5.10 Å². The van der Waals surface area contributed by atoms with Gasteiger partial charge >= 0.3 is 0 Å². The summed E-state index contributed by atoms with van der Waals surface area (Å²) in [5, 5.41) is 12.7. The minimum absolute atomic E-state index is 0.0952. The van der Waals surface area contributed by atoms with Crippen molar-refractivity contribution in [3.8, 4) is 0 Å². The van der Waals surface area contributed by atoms with E-state index in [2.05, 4.69) is 43.5 Å². The van der Waals surface area contributed by atoms with Crippen molar-refractivity contribution in [1.29, 1.82) is 0 Å². The van der Waals surface area contributed by atoms with E-state index in [-0.39, 0.29) is 16.9 Å². The number of aryl methyl sites for hydroxylation is 1. The van der Waals surface area contributed by atoms with E-state index >= 15 is 0 Å². The van der Waals surface area contributed by atoms with Crippen molar-refractivity contribution in [2.45, 2.75) is 64.5 Å². The minimum Gasteiger partial charge on any atom is -0.322 e. The molecule has 7 rings (SSSR count). The minimum atomic E-state index is -0.344. The molecule has 0 aliphatic heterocycles. The number of amides is 1. The van der Waals surface area contributed by atoms with Gasteiger partial charge in [-0.3, -0.25) is 9.48 Å². The Morgan fingerprint density at radius 3 is 2.52 bits per heavy atom. The Balaban J connectivity index is 1.28. The number of halogens is 1. The molecule has 8 heteroatoms. The maximum Gasteiger partial charge on any atom is 0.230 e. The molecule has 4 fully saturated rings. The monoisotopic (exact) mass is 508 g/mol. The molecule has 172 valence electrons. The lowest BCUT2D eigenvalue weighted by Crippen LogP contribution is -2.60. The summed E-state index contributed by atoms with van der Waals surface area (Å²) >= 11 is 3.41. The van der Waals surface area contributed by atoms with Crippen molar-refractivity contribution >= 4 is 27.5 Å². The van der Waals surface area contributed by atoms with Crippen molar-refractivity contribution in [2.75, 3.05) is 5.32 Å². The van der Waals surface area contributed by atoms with Gasteiger partial charge in [-0.2, -0.15) is 5.10 Å². The molecular weight excluding hydrogens is 480 g/mol. The van der Waals surface area contributed by atoms with Crippen LogP contribution < -0.4 is 5.32 Å². The Morgan fingerprint density at radius 1 is 1.12 bits per heavy atom. The first-order chi connectivity index (χ1) is 15.9. The van der Waals surface area contributed by atoms with Crippen molar-refractivity contribution in [3.63, 3.8) is 0 Å². The molecular formula is C25H29BrN6O. The van der Waals surface area contributed by atoms with E-state index in [4.69, 9.17) is 5.10 Å². The zero-order valence-corrected chi connectivity index (χ0v) is 20.7. The van der Waals surface area contributed by atoms with Crippen LogP contribution in [0.25, 0.3) is 0 Å². The van der Waals surface area contributed by atoms with Crippen LogP contribution in [0, 0.1) is 31.1 Å². The fourth-order valence-corrected chi connectivity index (χ4v) is 7.52. The van der Waals surface area contributed by atoms with E-state index in [0.29, 0.717) is 23.1 Å². The van der Waals surface area contributed by atoms with E-state index in [9.17, 15) is 4.79 Å². The largest absolute Gasteiger partial charge is 0.322 e. The fraction of sp³-hybridized carbons (Fsp3) is 0.520. The van der Waals surface area contributed by atoms with Crippen molar-refractivity contribution in [1.82, 2.24) is 24.5 Å². The van der Waals surface area contributed by atoms with Crippen molar-refractivity contribution in [3.05, 3.63) is 58.3 Å². The molecule has 0 saturated heterocycles. The summed E-state index contributed by atoms with van der Waals surface area (Å²) in [7, 11) is 0. The second-order valence-corrected chi connectivity index (χ2v) is 11.3. The van der Waals surface area contributed by atoms with Gasteiger partial charge < -0.3 is 5.32 Å². The standard InChI is InChI=1S/C25H29BrN6O/c1-16-21(17(2)31(29-16)13-18-6-4-3-5-7-18)28-22(33)24-9-19-8-20(10-24)12-25(11-19,14-24)32-15-27-23(26)30-32/h3-7,15,19-20H,8-14H2,1-2H3,(H,28,33). The highest BCUT2D eigenvalue weighted by atomic mass is 79.9. The third-order valence-corrected chi connectivity index (χ3v) is 8.62. The molecule has 0 spiro atoms. The van der Waals surface area contributed by atoms with Crippen LogP contribution in [-0.4, -0.2) is 30.5 Å². The van der Waals surface area contributed by atoms with E-state index in [0.717, 1.165) is 49.2 Å². The lowest BCUT2D eigenvalue weighted by atomic mass is 9.46. The van der Waals surface area contributed by atoms with Gasteiger partial charge in [-0.05, 0) is 85.7 Å². The number of hydrogen-bond donors (Lipinski definition) is 1. The molecule has 1 N–H and O–H groups in total. The Kier molecular flexibility index (Phi) is 4.80. The van der Waals surface area contributed by atoms with Gasteiger partial charge in [-0.25, -0.2) is 9.67 Å². The summed E-state index contributed by atoms with van der Waals surface area (Å²) in [4.78, 5) is 18.2. The maximum atomic E-state index is 13.9. The van der Waals surface area contributed by atoms with E-state index in [1.165, 1.54) is 12.0 Å². The topological polar surface area (TPSA) is 77.6 Å². The quantitative estimate of drug-likeness (QED) is 0.534. The first-order valence-corrected chi connectivity index (χ1v) is 12.6. The van der Waals surface area contributed by atoms with Crippen LogP contribution >= 0.6 is 15.9 Å². The molecule has 0 radical (unpaired) electrons. The van der Waals surface area contributed by atoms with Gasteiger partial charge in [-0.1, -0.05) is 30.3 Å². The van der Waals surface area contributed by atoms with Gasteiger partial charge in [0.25, 0.3) is 0 Å². The molecule has 2 unspecified atom stereocenters. The van der Waals surface area contributed by atoms with Crippen LogP contribution in [0.1, 0.15) is 55.5 Å². The second kappa shape index (κ2) is 7.52. The predicted molar refractivity (Wildman–Crippen MR) is 129 cm³/mol. The van der Waals surface area contributed by atoms with Gasteiger partial charge in [0.1, 0.15) is 6.33 Å². The van der Waals surface area contributed by atoms with Crippen LogP contribution in [0.4, 0.5) is 5.69 Å². The number of nitrogens with zero attached hydrogens (tertiary/aromatic N) is 5. The van der Waals surface area contributed by atoms with Gasteiger partial charge in [0.15, 0.2) is 0 Å². The number of aromatic nitrogens is 5. The van der Waals surface area contributed by atoms with E-state index in [1.807, 2.05) is 47.7 Å². The summed E-state index contributed by atoms with van der Waals surface area (Å²) in [6, 6.07) is 10.3. The van der Waals surface area contributed by atoms with E-state index in [1.54, 1.807) is 0 Å². The highest BCUT2D eigenvalue weighted by Gasteiger charge is 2.61. The number of rotatable bonds is 5. The van der Waals surface area contributed by atoms with E-state index < -0.39 is 0 Å². The Hall–Kier alpha value is -2.48. The average Bonchev–Trinajstić information content (AvgIpc) is 3.33. The van der Waals surface area contributed by atoms with Crippen LogP contribution in [0.3, 0.4) is 0 Å². The smallest absolute Gasteiger partial charge is 0.230 e. The molecule has 2 heterocycles. The van der Waals surface area contributed by atoms with Crippen molar-refractivity contribution < 1.29 is 4.79 Å². The van der Waals surface area contributed by atoms with Crippen LogP contribution in [-0.2, 0) is 16.9 Å². The third kappa shape index (κ3) is 3.45. The Bertz CT molecular complexity index is 1200. The number of hydrogen-bond acceptors (Lipinski definition) is 4. The lowest BCUT2D eigenvalue weighted by Gasteiger charge is -2.60. The number of nitrogens with one attached hydrogen (secondary N) is 1. The molecule has 1 aromatic carbocycles. The second-order valence-electron chi connectivity index (χ2n) is 10.6. The molecule has 4 aliphatic carbocycles. The number of carbonyl (C=O) groups excluding carboxylic acids is 1. The van der Waals surface area contributed by atoms with Gasteiger partial charge in [0, 0.05) is 0 Å². The normalized spacial score (nSPS) is 30.0. The molecule has 4 bridgehead atoms. The van der Waals surface area contributed by atoms with Gasteiger partial charge in [0.05, 0.1) is 34.6 Å². The molecule has 2 atom stereocenters. The summed E-state index contributed by atoms with van der Waals surface area (Å²) in [5.41, 5.74) is 3.50. The summed E-state index contributed by atoms with van der Waals surface area (Å²) in [6.07, 6.45) is 8.06. The molecule has 3 aromatic rings. The molecule has 2 aromatic heterocycles. The van der Waals surface area contributed by atoms with Crippen LogP contribution in [0.2, 0.25) is 0 Å². The molecule has 4 aliphatic rings. The zero-order valence-electron chi connectivity index (χ0n) is 19.1. The first kappa shape index (κ1) is 21.1. The highest BCUT2D eigenvalue weighted by molar-refractivity contribution is 9.10. The zero-order chi connectivity index (χ0) is 22.8. The highest BCUT2D eigenvalue weighted by Crippen LogP contribution is 2.64. The summed E-state index contributed by atoms with van der Waals surface area (Å²) < 4.78 is 4.66. The lowest BCUT2D eigenvalue weighted by molar-refractivity contribution is -0.150. The number of carbonyl (C=O) groups is 1. The SMILES string of the molecule is Cc1nn(Cc2ccccc2)c(C)c1NC(=O)C12CC3CC(C1)CC(n1cnc(Br)n1)(C3)C2. The Labute approximate surface area is 202 Å². The molecule has 4 saturated carbocycles. The molecule has 1 amide bonds. The number of anilines is 1. The average molecular weight is 509 g/mol. The third-order valence-electron chi connectivity index (χ3n) is 8.26. The number of benzene rings is 1. The van der Waals surface area contributed by atoms with Crippen molar-refractivity contribution in [2.24, 2.45) is 17.3 Å². The fourth-order valence-electron chi connectivity index (χ4n) is 7.25. The van der Waals surface area contributed by atoms with Gasteiger partial charge in [0.2, 0.25) is 10.6 Å². The summed E-state index contributed by atoms with van der Waals surface area (Å²) in [5.74, 6) is 1.30. The van der Waals surface area contributed by atoms with Crippen LogP contribution in [0.15, 0.2) is 41.4 Å². The molecule has 7 nitrogen and oxygen atoms in total.